The highest BCUT2D eigenvalue weighted by Crippen LogP contribution is 2.24. The highest BCUT2D eigenvalue weighted by atomic mass is 28.3. The molecule has 92 valence electrons. The summed E-state index contributed by atoms with van der Waals surface area (Å²) in [4.78, 5) is 0. The number of hydrogen-bond donors (Lipinski definition) is 1. The summed E-state index contributed by atoms with van der Waals surface area (Å²) in [7, 11) is -1.68. The Kier molecular flexibility index (Phi) is 3.39. The van der Waals surface area contributed by atoms with Crippen LogP contribution in [0.25, 0.3) is 5.20 Å². The molecule has 2 N–H and O–H groups in total. The maximum atomic E-state index is 5.73. The van der Waals surface area contributed by atoms with Gasteiger partial charge >= 0.3 is 0 Å². The lowest BCUT2D eigenvalue weighted by molar-refractivity contribution is 1.61. The van der Waals surface area contributed by atoms with E-state index in [9.17, 15) is 0 Å². The zero-order chi connectivity index (χ0) is 13.2. The van der Waals surface area contributed by atoms with E-state index in [1.807, 2.05) is 12.1 Å². The Morgan fingerprint density at radius 2 is 1.50 bits per heavy atom. The quantitative estimate of drug-likeness (QED) is 0.658. The second-order valence-corrected chi connectivity index (χ2v) is 9.52. The van der Waals surface area contributed by atoms with Crippen LogP contribution in [0.1, 0.15) is 5.56 Å². The monoisotopic (exact) mass is 253 g/mol. The van der Waals surface area contributed by atoms with Gasteiger partial charge in [0.05, 0.1) is 0 Å². The van der Waals surface area contributed by atoms with Gasteiger partial charge in [-0.1, -0.05) is 72.5 Å². The van der Waals surface area contributed by atoms with Crippen LogP contribution in [0, 0.1) is 0 Å². The molecule has 0 heterocycles. The van der Waals surface area contributed by atoms with E-state index in [1.165, 1.54) is 15.9 Å². The van der Waals surface area contributed by atoms with Gasteiger partial charge in [-0.05, 0) is 17.7 Å². The van der Waals surface area contributed by atoms with Gasteiger partial charge in [0.2, 0.25) is 0 Å². The van der Waals surface area contributed by atoms with Crippen LogP contribution in [0.3, 0.4) is 0 Å². The molecule has 0 spiro atoms. The van der Waals surface area contributed by atoms with E-state index in [0.717, 1.165) is 5.69 Å². The third-order valence-corrected chi connectivity index (χ3v) is 7.08. The topological polar surface area (TPSA) is 26.0 Å². The molecular weight excluding hydrogens is 234 g/mol. The summed E-state index contributed by atoms with van der Waals surface area (Å²) in [5, 5.41) is 2.65. The Morgan fingerprint density at radius 3 is 2.06 bits per heavy atom. The van der Waals surface area contributed by atoms with E-state index in [-0.39, 0.29) is 0 Å². The van der Waals surface area contributed by atoms with Crippen molar-refractivity contribution < 1.29 is 0 Å². The summed E-state index contributed by atoms with van der Waals surface area (Å²) in [6.07, 6.45) is 0. The van der Waals surface area contributed by atoms with E-state index in [2.05, 4.69) is 62.1 Å². The van der Waals surface area contributed by atoms with Crippen LogP contribution in [-0.4, -0.2) is 8.07 Å². The van der Waals surface area contributed by atoms with E-state index in [0.29, 0.717) is 0 Å². The Bertz CT molecular complexity index is 541. The molecule has 0 radical (unpaired) electrons. The third kappa shape index (κ3) is 2.39. The van der Waals surface area contributed by atoms with E-state index in [4.69, 9.17) is 5.73 Å². The SMILES string of the molecule is C=C(c1ccc(N)cc1)[Si](C)(C)c1ccccc1. The Hall–Kier alpha value is -1.80. The second kappa shape index (κ2) is 4.82. The summed E-state index contributed by atoms with van der Waals surface area (Å²) in [5.41, 5.74) is 7.72. The molecular formula is C16H19NSi. The molecule has 2 aromatic carbocycles. The standard InChI is InChI=1S/C16H19NSi/c1-13(14-9-11-15(17)12-10-14)18(2,3)16-7-5-4-6-8-16/h4-12H,1,17H2,2-3H3. The zero-order valence-electron chi connectivity index (χ0n) is 11.0. The highest BCUT2D eigenvalue weighted by molar-refractivity contribution is 7.04. The van der Waals surface area contributed by atoms with Gasteiger partial charge in [-0.2, -0.15) is 0 Å². The van der Waals surface area contributed by atoms with Gasteiger partial charge in [0, 0.05) is 5.69 Å². The molecule has 0 atom stereocenters. The van der Waals surface area contributed by atoms with Crippen LogP contribution >= 0.6 is 0 Å². The molecule has 0 saturated carbocycles. The average molecular weight is 253 g/mol. The van der Waals surface area contributed by atoms with Gasteiger partial charge in [-0.3, -0.25) is 0 Å². The Balaban J connectivity index is 2.36. The minimum atomic E-state index is -1.68. The number of nitrogens with two attached hydrogens (primary N) is 1. The highest BCUT2D eigenvalue weighted by Gasteiger charge is 2.27. The summed E-state index contributed by atoms with van der Waals surface area (Å²) < 4.78 is 0. The Morgan fingerprint density at radius 1 is 0.944 bits per heavy atom. The van der Waals surface area contributed by atoms with Crippen LogP contribution < -0.4 is 10.9 Å². The fourth-order valence-corrected chi connectivity index (χ4v) is 4.34. The lowest BCUT2D eigenvalue weighted by Crippen LogP contribution is -2.42. The molecule has 1 nitrogen and oxygen atoms in total. The molecule has 18 heavy (non-hydrogen) atoms. The molecule has 0 saturated heterocycles. The van der Waals surface area contributed by atoms with Crippen LogP contribution in [-0.2, 0) is 0 Å². The van der Waals surface area contributed by atoms with Crippen molar-refractivity contribution in [2.45, 2.75) is 13.1 Å². The van der Waals surface area contributed by atoms with Gasteiger partial charge in [0.1, 0.15) is 8.07 Å². The maximum Gasteiger partial charge on any atom is 0.112 e. The van der Waals surface area contributed by atoms with Gasteiger partial charge in [0.25, 0.3) is 0 Å². The van der Waals surface area contributed by atoms with Crippen LogP contribution in [0.5, 0.6) is 0 Å². The van der Waals surface area contributed by atoms with Gasteiger partial charge in [-0.15, -0.1) is 0 Å². The molecule has 0 aliphatic carbocycles. The Labute approximate surface area is 110 Å². The van der Waals surface area contributed by atoms with Crippen molar-refractivity contribution in [3.05, 3.63) is 66.7 Å². The average Bonchev–Trinajstić information content (AvgIpc) is 2.40. The van der Waals surface area contributed by atoms with Gasteiger partial charge in [-0.25, -0.2) is 0 Å². The number of benzene rings is 2. The molecule has 0 unspecified atom stereocenters. The van der Waals surface area contributed by atoms with Crippen LogP contribution in [0.15, 0.2) is 61.2 Å². The van der Waals surface area contributed by atoms with E-state index < -0.39 is 8.07 Å². The van der Waals surface area contributed by atoms with Gasteiger partial charge < -0.3 is 5.73 Å². The largest absolute Gasteiger partial charge is 0.399 e. The van der Waals surface area contributed by atoms with Crippen molar-refractivity contribution in [3.8, 4) is 0 Å². The van der Waals surface area contributed by atoms with Crippen molar-refractivity contribution in [1.29, 1.82) is 0 Å². The van der Waals surface area contributed by atoms with Gasteiger partial charge in [0.15, 0.2) is 0 Å². The normalized spacial score (nSPS) is 11.2. The first-order chi connectivity index (χ1) is 8.51. The molecule has 2 rings (SSSR count). The molecule has 0 aromatic heterocycles. The summed E-state index contributed by atoms with van der Waals surface area (Å²) in [6, 6.07) is 18.7. The molecule has 0 bridgehead atoms. The third-order valence-electron chi connectivity index (χ3n) is 3.51. The molecule has 2 heteroatoms. The predicted molar refractivity (Wildman–Crippen MR) is 83.4 cm³/mol. The fraction of sp³-hybridized carbons (Fsp3) is 0.125. The fourth-order valence-electron chi connectivity index (χ4n) is 2.07. The second-order valence-electron chi connectivity index (χ2n) is 5.09. The molecule has 2 aromatic rings. The molecule has 0 amide bonds. The molecule has 0 aliphatic heterocycles. The lowest BCUT2D eigenvalue weighted by Gasteiger charge is -2.26. The van der Waals surface area contributed by atoms with E-state index in [1.54, 1.807) is 0 Å². The number of nitrogen functional groups attached to an aromatic ring is 1. The summed E-state index contributed by atoms with van der Waals surface area (Å²) >= 11 is 0. The molecule has 0 aliphatic rings. The number of hydrogen-bond acceptors (Lipinski definition) is 1. The van der Waals surface area contributed by atoms with Crippen LogP contribution in [0.2, 0.25) is 13.1 Å². The van der Waals surface area contributed by atoms with Crippen molar-refractivity contribution in [2.24, 2.45) is 0 Å². The smallest absolute Gasteiger partial charge is 0.112 e. The van der Waals surface area contributed by atoms with Crippen molar-refractivity contribution in [2.75, 3.05) is 5.73 Å². The van der Waals surface area contributed by atoms with Crippen molar-refractivity contribution in [3.63, 3.8) is 0 Å². The summed E-state index contributed by atoms with van der Waals surface area (Å²) in [5.74, 6) is 0. The zero-order valence-corrected chi connectivity index (χ0v) is 12.0. The first-order valence-electron chi connectivity index (χ1n) is 6.12. The predicted octanol–water partition coefficient (Wildman–Crippen LogP) is 3.44. The number of rotatable bonds is 3. The minimum Gasteiger partial charge on any atom is -0.399 e. The maximum absolute atomic E-state index is 5.73. The number of anilines is 1. The van der Waals surface area contributed by atoms with Crippen LogP contribution in [0.4, 0.5) is 5.69 Å². The van der Waals surface area contributed by atoms with Crippen molar-refractivity contribution in [1.82, 2.24) is 0 Å². The minimum absolute atomic E-state index is 0.797. The lowest BCUT2D eigenvalue weighted by atomic mass is 10.2. The first kappa shape index (κ1) is 12.6. The van der Waals surface area contributed by atoms with E-state index >= 15 is 0 Å². The van der Waals surface area contributed by atoms with Crippen molar-refractivity contribution >= 4 is 24.1 Å². The summed E-state index contributed by atoms with van der Waals surface area (Å²) in [6.45, 7) is 8.99. The first-order valence-corrected chi connectivity index (χ1v) is 9.12. The molecule has 0 fully saturated rings.